The Kier molecular flexibility index (Phi) is 4.19. The van der Waals surface area contributed by atoms with Crippen LogP contribution in [0, 0.1) is 5.82 Å². The third kappa shape index (κ3) is 2.64. The van der Waals surface area contributed by atoms with Gasteiger partial charge < -0.3 is 5.73 Å². The minimum atomic E-state index is -0.338. The highest BCUT2D eigenvalue weighted by molar-refractivity contribution is 6.34. The molecule has 1 aromatic carbocycles. The first-order valence-electron chi connectivity index (χ1n) is 7.31. The third-order valence-electron chi connectivity index (χ3n) is 3.93. The maximum Gasteiger partial charge on any atom is 0.327 e. The van der Waals surface area contributed by atoms with Gasteiger partial charge in [0.15, 0.2) is 5.65 Å². The average Bonchev–Trinajstić information content (AvgIpc) is 2.87. The number of aromatic nitrogens is 3. The smallest absolute Gasteiger partial charge is 0.327 e. The summed E-state index contributed by atoms with van der Waals surface area (Å²) in [6.07, 6.45) is 2.17. The number of rotatable bonds is 4. The predicted molar refractivity (Wildman–Crippen MR) is 89.1 cm³/mol. The summed E-state index contributed by atoms with van der Waals surface area (Å²) >= 11 is 6.33. The summed E-state index contributed by atoms with van der Waals surface area (Å²) in [6.45, 7) is 2.27. The number of imidazole rings is 1. The number of nitrogens with one attached hydrogen (secondary N) is 1. The van der Waals surface area contributed by atoms with Crippen LogP contribution in [0.1, 0.15) is 19.4 Å². The number of nitrogens with two attached hydrogens (primary N) is 1. The molecule has 0 aliphatic heterocycles. The van der Waals surface area contributed by atoms with E-state index in [0.29, 0.717) is 40.3 Å². The van der Waals surface area contributed by atoms with Gasteiger partial charge >= 0.3 is 5.69 Å². The van der Waals surface area contributed by atoms with Crippen molar-refractivity contribution in [2.45, 2.75) is 19.4 Å². The quantitative estimate of drug-likeness (QED) is 0.769. The van der Waals surface area contributed by atoms with Crippen LogP contribution >= 0.6 is 11.6 Å². The first-order chi connectivity index (χ1) is 11.1. The molecule has 0 saturated carbocycles. The van der Waals surface area contributed by atoms with Gasteiger partial charge in [-0.3, -0.25) is 9.55 Å². The lowest BCUT2D eigenvalue weighted by Gasteiger charge is -2.16. The number of fused-ring (bicyclic) bond motifs is 1. The van der Waals surface area contributed by atoms with E-state index in [0.717, 1.165) is 0 Å². The van der Waals surface area contributed by atoms with Gasteiger partial charge in [0, 0.05) is 18.3 Å². The normalized spacial score (nSPS) is 12.7. The summed E-state index contributed by atoms with van der Waals surface area (Å²) in [5, 5.41) is 0.392. The Bertz CT molecular complexity index is 897. The number of aromatic amines is 1. The number of nitrogens with zero attached hydrogens (tertiary/aromatic N) is 2. The Labute approximate surface area is 136 Å². The van der Waals surface area contributed by atoms with Crippen LogP contribution in [0.2, 0.25) is 5.02 Å². The molecule has 0 amide bonds. The number of hydrogen-bond donors (Lipinski definition) is 2. The number of halogens is 2. The zero-order chi connectivity index (χ0) is 16.6. The molecule has 0 saturated heterocycles. The molecule has 3 aromatic rings. The highest BCUT2D eigenvalue weighted by Crippen LogP contribution is 2.34. The van der Waals surface area contributed by atoms with Gasteiger partial charge in [-0.05, 0) is 24.1 Å². The van der Waals surface area contributed by atoms with Gasteiger partial charge in [-0.25, -0.2) is 14.2 Å². The van der Waals surface area contributed by atoms with E-state index in [4.69, 9.17) is 17.3 Å². The molecule has 1 unspecified atom stereocenters. The maximum atomic E-state index is 13.2. The van der Waals surface area contributed by atoms with Crippen LogP contribution in [0.25, 0.3) is 22.3 Å². The zero-order valence-corrected chi connectivity index (χ0v) is 13.3. The molecule has 2 heterocycles. The standard InChI is InChI=1S/C16H16ClFN4O/c1-2-11(7-19)22-14-13(9-3-5-10(18)6-4-9)12(17)8-20-15(14)21-16(22)23/h3-6,8,11H,2,7,19H2,1H3,(H,20,21,23). The molecular formula is C16H16ClFN4O. The fraction of sp³-hybridized carbons (Fsp3) is 0.250. The number of benzene rings is 1. The molecule has 120 valence electrons. The molecule has 7 heteroatoms. The average molecular weight is 335 g/mol. The van der Waals surface area contributed by atoms with Crippen molar-refractivity contribution < 1.29 is 4.39 Å². The Hall–Kier alpha value is -2.18. The Balaban J connectivity index is 2.38. The minimum Gasteiger partial charge on any atom is -0.328 e. The van der Waals surface area contributed by atoms with E-state index < -0.39 is 0 Å². The molecule has 0 aliphatic rings. The second-order valence-electron chi connectivity index (χ2n) is 5.28. The van der Waals surface area contributed by atoms with Crippen LogP contribution in [-0.4, -0.2) is 21.1 Å². The summed E-state index contributed by atoms with van der Waals surface area (Å²) in [4.78, 5) is 19.3. The molecule has 5 nitrogen and oxygen atoms in total. The second-order valence-corrected chi connectivity index (χ2v) is 5.69. The molecule has 0 fully saturated rings. The first kappa shape index (κ1) is 15.7. The molecular weight excluding hydrogens is 319 g/mol. The third-order valence-corrected chi connectivity index (χ3v) is 4.22. The monoisotopic (exact) mass is 334 g/mol. The van der Waals surface area contributed by atoms with Crippen molar-refractivity contribution in [3.05, 3.63) is 51.8 Å². The van der Waals surface area contributed by atoms with Gasteiger partial charge in [-0.1, -0.05) is 30.7 Å². The van der Waals surface area contributed by atoms with Crippen molar-refractivity contribution in [3.8, 4) is 11.1 Å². The topological polar surface area (TPSA) is 76.7 Å². The maximum absolute atomic E-state index is 13.2. The van der Waals surface area contributed by atoms with Crippen molar-refractivity contribution >= 4 is 22.8 Å². The molecule has 2 aromatic heterocycles. The van der Waals surface area contributed by atoms with Crippen molar-refractivity contribution in [2.75, 3.05) is 6.54 Å². The SMILES string of the molecule is CCC(CN)n1c(=O)[nH]c2ncc(Cl)c(-c3ccc(F)cc3)c21. The minimum absolute atomic E-state index is 0.171. The van der Waals surface area contributed by atoms with Gasteiger partial charge in [-0.2, -0.15) is 0 Å². The molecule has 0 bridgehead atoms. The Morgan fingerprint density at radius 2 is 2.09 bits per heavy atom. The molecule has 3 rings (SSSR count). The number of pyridine rings is 1. The Morgan fingerprint density at radius 1 is 1.39 bits per heavy atom. The van der Waals surface area contributed by atoms with Crippen molar-refractivity contribution in [1.82, 2.24) is 14.5 Å². The van der Waals surface area contributed by atoms with Crippen LogP contribution in [0.3, 0.4) is 0 Å². The van der Waals surface area contributed by atoms with E-state index in [1.165, 1.54) is 18.3 Å². The molecule has 3 N–H and O–H groups in total. The van der Waals surface area contributed by atoms with Crippen LogP contribution in [-0.2, 0) is 0 Å². The van der Waals surface area contributed by atoms with Gasteiger partial charge in [0.2, 0.25) is 0 Å². The summed E-state index contributed by atoms with van der Waals surface area (Å²) in [5.74, 6) is -0.338. The molecule has 23 heavy (non-hydrogen) atoms. The Morgan fingerprint density at radius 3 is 2.70 bits per heavy atom. The van der Waals surface area contributed by atoms with Crippen LogP contribution in [0.15, 0.2) is 35.3 Å². The van der Waals surface area contributed by atoms with E-state index in [9.17, 15) is 9.18 Å². The lowest BCUT2D eigenvalue weighted by atomic mass is 10.1. The first-order valence-corrected chi connectivity index (χ1v) is 7.69. The lowest BCUT2D eigenvalue weighted by molar-refractivity contribution is 0.496. The largest absolute Gasteiger partial charge is 0.328 e. The van der Waals surface area contributed by atoms with E-state index in [2.05, 4.69) is 9.97 Å². The fourth-order valence-electron chi connectivity index (χ4n) is 2.76. The summed E-state index contributed by atoms with van der Waals surface area (Å²) in [7, 11) is 0. The van der Waals surface area contributed by atoms with Crippen LogP contribution in [0.4, 0.5) is 4.39 Å². The van der Waals surface area contributed by atoms with Crippen LogP contribution in [0.5, 0.6) is 0 Å². The van der Waals surface area contributed by atoms with Gasteiger partial charge in [-0.15, -0.1) is 0 Å². The summed E-state index contributed by atoms with van der Waals surface area (Å²) < 4.78 is 14.8. The van der Waals surface area contributed by atoms with E-state index in [1.807, 2.05) is 6.92 Å². The number of H-pyrrole nitrogens is 1. The van der Waals surface area contributed by atoms with Crippen molar-refractivity contribution in [2.24, 2.45) is 5.73 Å². The van der Waals surface area contributed by atoms with E-state index >= 15 is 0 Å². The summed E-state index contributed by atoms with van der Waals surface area (Å²) in [6, 6.07) is 5.79. The fourth-order valence-corrected chi connectivity index (χ4v) is 3.01. The highest BCUT2D eigenvalue weighted by atomic mass is 35.5. The van der Waals surface area contributed by atoms with E-state index in [-0.39, 0.29) is 17.5 Å². The van der Waals surface area contributed by atoms with Gasteiger partial charge in [0.05, 0.1) is 16.6 Å². The highest BCUT2D eigenvalue weighted by Gasteiger charge is 2.20. The molecule has 1 atom stereocenters. The second kappa shape index (κ2) is 6.14. The zero-order valence-electron chi connectivity index (χ0n) is 12.5. The number of hydrogen-bond acceptors (Lipinski definition) is 3. The molecule has 0 aliphatic carbocycles. The summed E-state index contributed by atoms with van der Waals surface area (Å²) in [5.41, 5.74) is 7.90. The van der Waals surface area contributed by atoms with Crippen molar-refractivity contribution in [3.63, 3.8) is 0 Å². The van der Waals surface area contributed by atoms with E-state index in [1.54, 1.807) is 16.7 Å². The van der Waals surface area contributed by atoms with Gasteiger partial charge in [0.1, 0.15) is 5.82 Å². The van der Waals surface area contributed by atoms with Gasteiger partial charge in [0.25, 0.3) is 0 Å². The molecule has 0 spiro atoms. The molecule has 0 radical (unpaired) electrons. The predicted octanol–water partition coefficient (Wildman–Crippen LogP) is 3.09. The lowest BCUT2D eigenvalue weighted by Crippen LogP contribution is -2.27. The van der Waals surface area contributed by atoms with Crippen molar-refractivity contribution in [1.29, 1.82) is 0 Å². The van der Waals surface area contributed by atoms with Crippen LogP contribution < -0.4 is 11.4 Å².